The van der Waals surface area contributed by atoms with E-state index >= 15 is 0 Å². The molecule has 2 aromatic carbocycles. The Morgan fingerprint density at radius 1 is 1.05 bits per heavy atom. The highest BCUT2D eigenvalue weighted by Gasteiger charge is 2.21. The predicted octanol–water partition coefficient (Wildman–Crippen LogP) is 4.44. The molecule has 1 heterocycles. The third kappa shape index (κ3) is 10.5. The fraction of sp³-hybridized carbons (Fsp3) is 0.379. The number of sulfonamides is 1. The van der Waals surface area contributed by atoms with Gasteiger partial charge in [-0.25, -0.2) is 18.1 Å². The number of nitrogens with zero attached hydrogens (tertiary/aromatic N) is 1. The molecule has 3 aromatic rings. The van der Waals surface area contributed by atoms with Crippen molar-refractivity contribution >= 4 is 46.6 Å². The molecular formula is C29H38Cl2N4O5S. The Morgan fingerprint density at radius 2 is 1.73 bits per heavy atom. The molecule has 0 unspecified atom stereocenters. The van der Waals surface area contributed by atoms with Crippen LogP contribution in [-0.4, -0.2) is 49.9 Å². The highest BCUT2D eigenvalue weighted by molar-refractivity contribution is 7.89. The van der Waals surface area contributed by atoms with E-state index in [0.29, 0.717) is 30.2 Å². The van der Waals surface area contributed by atoms with Crippen LogP contribution in [0.2, 0.25) is 0 Å². The molecule has 1 aliphatic carbocycles. The standard InChI is InChI=1S/C29H36N4O5S.2ClH/c1-39(36,37)33-29(35)25-13-11-22(17-27(25)38-24-5-3-2-4-6-24)21-9-7-20(8-10-21)15-16-31-19-26(34)23-12-14-28(30)32-18-23;;/h7-14,17-18,24,26,31,34H,2-6,15-16,19H2,1H3,(H2,30,32)(H,33,35);2*1H/t26-;;/m0../s1. The lowest BCUT2D eigenvalue weighted by atomic mass is 9.97. The number of rotatable bonds is 11. The molecule has 0 saturated heterocycles. The molecule has 0 spiro atoms. The predicted molar refractivity (Wildman–Crippen MR) is 166 cm³/mol. The van der Waals surface area contributed by atoms with E-state index in [1.807, 2.05) is 35.1 Å². The van der Waals surface area contributed by atoms with Crippen LogP contribution in [0.3, 0.4) is 0 Å². The van der Waals surface area contributed by atoms with Crippen LogP contribution >= 0.6 is 24.8 Å². The van der Waals surface area contributed by atoms with Gasteiger partial charge in [-0.2, -0.15) is 0 Å². The summed E-state index contributed by atoms with van der Waals surface area (Å²) >= 11 is 0. The molecule has 5 N–H and O–H groups in total. The number of anilines is 1. The Labute approximate surface area is 254 Å². The number of hydrogen-bond donors (Lipinski definition) is 4. The maximum absolute atomic E-state index is 12.7. The van der Waals surface area contributed by atoms with Crippen molar-refractivity contribution in [2.24, 2.45) is 0 Å². The van der Waals surface area contributed by atoms with Gasteiger partial charge in [0, 0.05) is 18.3 Å². The zero-order valence-corrected chi connectivity index (χ0v) is 25.4. The van der Waals surface area contributed by atoms with Gasteiger partial charge >= 0.3 is 0 Å². The summed E-state index contributed by atoms with van der Waals surface area (Å²) in [4.78, 5) is 16.7. The normalized spacial score (nSPS) is 14.3. The molecule has 224 valence electrons. The second kappa shape index (κ2) is 15.9. The summed E-state index contributed by atoms with van der Waals surface area (Å²) in [6.07, 6.45) is 7.80. The topological polar surface area (TPSA) is 144 Å². The van der Waals surface area contributed by atoms with Gasteiger partial charge in [-0.3, -0.25) is 4.79 Å². The number of nitrogen functional groups attached to an aromatic ring is 1. The molecule has 0 bridgehead atoms. The number of ether oxygens (including phenoxy) is 1. The van der Waals surface area contributed by atoms with Crippen molar-refractivity contribution in [2.45, 2.75) is 50.7 Å². The molecule has 1 fully saturated rings. The van der Waals surface area contributed by atoms with Gasteiger partial charge in [0.25, 0.3) is 5.91 Å². The largest absolute Gasteiger partial charge is 0.490 e. The summed E-state index contributed by atoms with van der Waals surface area (Å²) in [6, 6.07) is 16.8. The van der Waals surface area contributed by atoms with E-state index < -0.39 is 22.0 Å². The minimum Gasteiger partial charge on any atom is -0.490 e. The number of aliphatic hydroxyl groups excluding tert-OH is 1. The lowest BCUT2D eigenvalue weighted by Crippen LogP contribution is -2.30. The second-order valence-electron chi connectivity index (χ2n) is 9.98. The van der Waals surface area contributed by atoms with Gasteiger partial charge in [0.1, 0.15) is 11.6 Å². The third-order valence-corrected chi connectivity index (χ3v) is 7.32. The fourth-order valence-corrected chi connectivity index (χ4v) is 5.09. The summed E-state index contributed by atoms with van der Waals surface area (Å²) in [7, 11) is -3.70. The molecule has 9 nitrogen and oxygen atoms in total. The van der Waals surface area contributed by atoms with E-state index in [0.717, 1.165) is 55.1 Å². The third-order valence-electron chi connectivity index (χ3n) is 6.76. The van der Waals surface area contributed by atoms with E-state index in [1.165, 1.54) is 6.42 Å². The Hall–Kier alpha value is -2.89. The van der Waals surface area contributed by atoms with Gasteiger partial charge in [0.15, 0.2) is 0 Å². The number of pyridine rings is 1. The van der Waals surface area contributed by atoms with Gasteiger partial charge in [-0.1, -0.05) is 42.8 Å². The monoisotopic (exact) mass is 624 g/mol. The summed E-state index contributed by atoms with van der Waals surface area (Å²) < 4.78 is 31.6. The first-order valence-corrected chi connectivity index (χ1v) is 15.1. The number of halogens is 2. The van der Waals surface area contributed by atoms with Crippen LogP contribution in [0.15, 0.2) is 60.8 Å². The smallest absolute Gasteiger partial charge is 0.268 e. The van der Waals surface area contributed by atoms with Crippen molar-refractivity contribution in [1.29, 1.82) is 0 Å². The molecule has 1 aromatic heterocycles. The van der Waals surface area contributed by atoms with Crippen LogP contribution in [0.1, 0.15) is 59.7 Å². The summed E-state index contributed by atoms with van der Waals surface area (Å²) in [5, 5.41) is 13.6. The average molecular weight is 626 g/mol. The van der Waals surface area contributed by atoms with Crippen LogP contribution < -0.4 is 20.5 Å². The van der Waals surface area contributed by atoms with Crippen molar-refractivity contribution in [1.82, 2.24) is 15.0 Å². The number of nitrogens with one attached hydrogen (secondary N) is 2. The Bertz CT molecular complexity index is 1370. The van der Waals surface area contributed by atoms with Crippen molar-refractivity contribution in [3.05, 3.63) is 77.5 Å². The molecule has 1 amide bonds. The number of aliphatic hydroxyl groups is 1. The van der Waals surface area contributed by atoms with Crippen molar-refractivity contribution in [2.75, 3.05) is 25.1 Å². The van der Waals surface area contributed by atoms with Crippen LogP contribution in [0.25, 0.3) is 11.1 Å². The van der Waals surface area contributed by atoms with Crippen molar-refractivity contribution < 1.29 is 23.1 Å². The van der Waals surface area contributed by atoms with Crippen LogP contribution in [0.5, 0.6) is 5.75 Å². The molecular weight excluding hydrogens is 587 g/mol. The minimum atomic E-state index is -3.70. The molecule has 12 heteroatoms. The maximum Gasteiger partial charge on any atom is 0.268 e. The summed E-state index contributed by atoms with van der Waals surface area (Å²) in [5.41, 5.74) is 9.49. The number of hydrogen-bond acceptors (Lipinski definition) is 8. The van der Waals surface area contributed by atoms with Gasteiger partial charge in [-0.05, 0) is 73.5 Å². The minimum absolute atomic E-state index is 0. The van der Waals surface area contributed by atoms with E-state index in [9.17, 15) is 18.3 Å². The van der Waals surface area contributed by atoms with Crippen LogP contribution in [0.4, 0.5) is 5.82 Å². The molecule has 0 aliphatic heterocycles. The number of carbonyl (C=O) groups excluding carboxylic acids is 1. The first-order valence-electron chi connectivity index (χ1n) is 13.2. The zero-order valence-electron chi connectivity index (χ0n) is 22.9. The molecule has 1 saturated carbocycles. The summed E-state index contributed by atoms with van der Waals surface area (Å²) in [6.45, 7) is 1.11. The first-order chi connectivity index (χ1) is 18.7. The van der Waals surface area contributed by atoms with Crippen molar-refractivity contribution in [3.8, 4) is 16.9 Å². The van der Waals surface area contributed by atoms with Crippen LogP contribution in [0, 0.1) is 0 Å². The van der Waals surface area contributed by atoms with E-state index in [2.05, 4.69) is 10.3 Å². The van der Waals surface area contributed by atoms with E-state index in [-0.39, 0.29) is 36.5 Å². The number of benzene rings is 2. The number of carbonyl (C=O) groups is 1. The zero-order chi connectivity index (χ0) is 27.8. The number of nitrogens with two attached hydrogens (primary N) is 1. The Morgan fingerprint density at radius 3 is 2.37 bits per heavy atom. The lowest BCUT2D eigenvalue weighted by molar-refractivity contribution is 0.0969. The second-order valence-corrected chi connectivity index (χ2v) is 11.7. The first kappa shape index (κ1) is 34.3. The Kier molecular flexibility index (Phi) is 13.3. The van der Waals surface area contributed by atoms with E-state index in [4.69, 9.17) is 10.5 Å². The number of aromatic nitrogens is 1. The van der Waals surface area contributed by atoms with Gasteiger partial charge < -0.3 is 20.9 Å². The maximum atomic E-state index is 12.7. The van der Waals surface area contributed by atoms with Gasteiger partial charge in [-0.15, -0.1) is 24.8 Å². The SMILES string of the molecule is CS(=O)(=O)NC(=O)c1ccc(-c2ccc(CCNC[C@H](O)c3ccc(N)nc3)cc2)cc1OC1CCCCC1.Cl.Cl. The molecule has 41 heavy (non-hydrogen) atoms. The lowest BCUT2D eigenvalue weighted by Gasteiger charge is -2.24. The highest BCUT2D eigenvalue weighted by atomic mass is 35.5. The molecule has 4 rings (SSSR count). The van der Waals surface area contributed by atoms with E-state index in [1.54, 1.807) is 30.5 Å². The molecule has 0 radical (unpaired) electrons. The molecule has 1 aliphatic rings. The molecule has 1 atom stereocenters. The highest BCUT2D eigenvalue weighted by Crippen LogP contribution is 2.31. The quantitative estimate of drug-likeness (QED) is 0.229. The van der Waals surface area contributed by atoms with Gasteiger partial charge in [0.05, 0.1) is 24.0 Å². The van der Waals surface area contributed by atoms with Crippen LogP contribution in [-0.2, 0) is 16.4 Å². The average Bonchev–Trinajstić information content (AvgIpc) is 2.91. The fourth-order valence-electron chi connectivity index (χ4n) is 4.64. The van der Waals surface area contributed by atoms with Gasteiger partial charge in [0.2, 0.25) is 10.0 Å². The number of amides is 1. The van der Waals surface area contributed by atoms with Crippen molar-refractivity contribution in [3.63, 3.8) is 0 Å². The summed E-state index contributed by atoms with van der Waals surface area (Å²) in [5.74, 6) is 0.114. The Balaban J connectivity index is 0.00000294.